The maximum absolute atomic E-state index is 12.0. The third-order valence-corrected chi connectivity index (χ3v) is 4.92. The average molecular weight is 310 g/mol. The number of nitrogens with two attached hydrogens (primary N) is 1. The molecular weight excluding hydrogens is 284 g/mol. The van der Waals surface area contributed by atoms with E-state index in [1.54, 1.807) is 0 Å². The molecule has 1 aromatic rings. The first-order valence-corrected chi connectivity index (χ1v) is 8.57. The molecule has 0 saturated carbocycles. The fraction of sp³-hybridized carbons (Fsp3) is 0.733. The molecule has 1 aromatic heterocycles. The number of aromatic nitrogens is 1. The molecule has 1 aliphatic heterocycles. The van der Waals surface area contributed by atoms with Crippen LogP contribution < -0.4 is 11.1 Å². The lowest BCUT2D eigenvalue weighted by atomic mass is 10.0. The van der Waals surface area contributed by atoms with Gasteiger partial charge in [-0.25, -0.2) is 4.98 Å². The quantitative estimate of drug-likeness (QED) is 0.875. The van der Waals surface area contributed by atoms with Gasteiger partial charge in [-0.2, -0.15) is 0 Å². The number of piperidine rings is 1. The van der Waals surface area contributed by atoms with E-state index in [0.717, 1.165) is 31.2 Å². The van der Waals surface area contributed by atoms with Crippen LogP contribution in [0.2, 0.25) is 0 Å². The third kappa shape index (κ3) is 4.76. The van der Waals surface area contributed by atoms with E-state index in [-0.39, 0.29) is 17.9 Å². The molecule has 0 aromatic carbocycles. The Morgan fingerprint density at radius 2 is 2.38 bits per heavy atom. The summed E-state index contributed by atoms with van der Waals surface area (Å²) in [6.07, 6.45) is 2.59. The smallest absolute Gasteiger partial charge is 0.230 e. The monoisotopic (exact) mass is 310 g/mol. The van der Waals surface area contributed by atoms with E-state index in [4.69, 9.17) is 5.73 Å². The first-order valence-electron chi connectivity index (χ1n) is 7.69. The minimum atomic E-state index is -0.208. The second-order valence-electron chi connectivity index (χ2n) is 6.26. The molecule has 6 heteroatoms. The van der Waals surface area contributed by atoms with E-state index in [9.17, 15) is 4.79 Å². The Morgan fingerprint density at radius 3 is 3.05 bits per heavy atom. The van der Waals surface area contributed by atoms with Gasteiger partial charge < -0.3 is 11.1 Å². The molecule has 0 radical (unpaired) electrons. The minimum Gasteiger partial charge on any atom is -0.327 e. The van der Waals surface area contributed by atoms with E-state index in [0.29, 0.717) is 5.13 Å². The van der Waals surface area contributed by atoms with Crippen LogP contribution in [-0.4, -0.2) is 34.9 Å². The summed E-state index contributed by atoms with van der Waals surface area (Å²) in [6, 6.07) is -0.153. The van der Waals surface area contributed by atoms with Crippen LogP contribution in [0, 0.1) is 11.8 Å². The Bertz CT molecular complexity index is 474. The summed E-state index contributed by atoms with van der Waals surface area (Å²) >= 11 is 1.49. The van der Waals surface area contributed by atoms with Gasteiger partial charge in [0.2, 0.25) is 5.91 Å². The summed E-state index contributed by atoms with van der Waals surface area (Å²) in [7, 11) is 0. The summed E-state index contributed by atoms with van der Waals surface area (Å²) in [5.74, 6) is 0.501. The van der Waals surface area contributed by atoms with E-state index in [1.165, 1.54) is 24.2 Å². The summed E-state index contributed by atoms with van der Waals surface area (Å²) < 4.78 is 0. The van der Waals surface area contributed by atoms with Crippen molar-refractivity contribution >= 4 is 22.4 Å². The molecule has 1 saturated heterocycles. The molecule has 2 heterocycles. The second kappa shape index (κ2) is 7.33. The fourth-order valence-electron chi connectivity index (χ4n) is 2.55. The zero-order chi connectivity index (χ0) is 15.4. The van der Waals surface area contributed by atoms with E-state index in [1.807, 2.05) is 19.2 Å². The van der Waals surface area contributed by atoms with Gasteiger partial charge in [-0.3, -0.25) is 9.69 Å². The predicted octanol–water partition coefficient (Wildman–Crippen LogP) is 2.30. The highest BCUT2D eigenvalue weighted by molar-refractivity contribution is 7.13. The number of amides is 1. The largest absolute Gasteiger partial charge is 0.327 e. The van der Waals surface area contributed by atoms with Crippen molar-refractivity contribution in [3.8, 4) is 0 Å². The fourth-order valence-corrected chi connectivity index (χ4v) is 3.26. The maximum Gasteiger partial charge on any atom is 0.230 e. The Balaban J connectivity index is 1.88. The van der Waals surface area contributed by atoms with E-state index < -0.39 is 0 Å². The molecule has 21 heavy (non-hydrogen) atoms. The van der Waals surface area contributed by atoms with E-state index in [2.05, 4.69) is 22.1 Å². The molecule has 3 unspecified atom stereocenters. The number of anilines is 1. The summed E-state index contributed by atoms with van der Waals surface area (Å²) in [5, 5.41) is 5.57. The van der Waals surface area contributed by atoms with Gasteiger partial charge in [0.05, 0.1) is 11.6 Å². The molecule has 3 N–H and O–H groups in total. The van der Waals surface area contributed by atoms with Crippen molar-refractivity contribution in [1.29, 1.82) is 0 Å². The Labute approximate surface area is 130 Å². The normalized spacial score (nSPS) is 22.8. The number of carbonyl (C=O) groups is 1. The molecule has 1 amide bonds. The zero-order valence-corrected chi connectivity index (χ0v) is 13.9. The number of nitrogens with zero attached hydrogens (tertiary/aromatic N) is 2. The predicted molar refractivity (Wildman–Crippen MR) is 87.2 cm³/mol. The second-order valence-corrected chi connectivity index (χ2v) is 7.12. The van der Waals surface area contributed by atoms with Crippen LogP contribution in [-0.2, 0) is 11.3 Å². The number of carbonyl (C=O) groups excluding carboxylic acids is 1. The highest BCUT2D eigenvalue weighted by Crippen LogP contribution is 2.21. The molecule has 1 aliphatic rings. The number of rotatable bonds is 5. The van der Waals surface area contributed by atoms with Crippen molar-refractivity contribution in [2.75, 3.05) is 18.4 Å². The molecule has 3 atom stereocenters. The standard InChI is InChI=1S/C15H26N4OS/c1-10-5-4-6-19(7-10)8-13-9-21-15(17-13)18-14(20)11(2)12(3)16/h9-12H,4-8,16H2,1-3H3,(H,17,18,20). The molecule has 1 fully saturated rings. The molecule has 2 rings (SSSR count). The highest BCUT2D eigenvalue weighted by Gasteiger charge is 2.20. The van der Waals surface area contributed by atoms with Crippen LogP contribution >= 0.6 is 11.3 Å². The summed E-state index contributed by atoms with van der Waals surface area (Å²) in [6.45, 7) is 9.14. The van der Waals surface area contributed by atoms with Crippen LogP contribution in [0.15, 0.2) is 5.38 Å². The van der Waals surface area contributed by atoms with Gasteiger partial charge in [-0.1, -0.05) is 13.8 Å². The van der Waals surface area contributed by atoms with Crippen LogP contribution in [0.5, 0.6) is 0 Å². The maximum atomic E-state index is 12.0. The first kappa shape index (κ1) is 16.4. The third-order valence-electron chi connectivity index (χ3n) is 4.11. The SMILES string of the molecule is CC1CCCN(Cc2csc(NC(=O)C(C)C(C)N)n2)C1. The van der Waals surface area contributed by atoms with Crippen molar-refractivity contribution in [2.45, 2.75) is 46.2 Å². The highest BCUT2D eigenvalue weighted by atomic mass is 32.1. The van der Waals surface area contributed by atoms with Gasteiger partial charge in [0, 0.05) is 24.5 Å². The lowest BCUT2D eigenvalue weighted by Crippen LogP contribution is -2.34. The summed E-state index contributed by atoms with van der Waals surface area (Å²) in [5.41, 5.74) is 6.79. The molecular formula is C15H26N4OS. The Hall–Kier alpha value is -0.980. The molecule has 0 spiro atoms. The number of hydrogen-bond donors (Lipinski definition) is 2. The lowest BCUT2D eigenvalue weighted by molar-refractivity contribution is -0.119. The first-order chi connectivity index (χ1) is 9.95. The Kier molecular flexibility index (Phi) is 5.72. The van der Waals surface area contributed by atoms with Crippen LogP contribution in [0.3, 0.4) is 0 Å². The average Bonchev–Trinajstić information content (AvgIpc) is 2.84. The summed E-state index contributed by atoms with van der Waals surface area (Å²) in [4.78, 5) is 18.9. The molecule has 0 bridgehead atoms. The van der Waals surface area contributed by atoms with Crippen LogP contribution in [0.25, 0.3) is 0 Å². The number of hydrogen-bond acceptors (Lipinski definition) is 5. The van der Waals surface area contributed by atoms with Gasteiger partial charge in [-0.05, 0) is 32.2 Å². The zero-order valence-electron chi connectivity index (χ0n) is 13.1. The number of likely N-dealkylation sites (tertiary alicyclic amines) is 1. The molecule has 118 valence electrons. The van der Waals surface area contributed by atoms with Gasteiger partial charge in [0.15, 0.2) is 5.13 Å². The van der Waals surface area contributed by atoms with Crippen LogP contribution in [0.1, 0.15) is 39.3 Å². The van der Waals surface area contributed by atoms with E-state index >= 15 is 0 Å². The van der Waals surface area contributed by atoms with Gasteiger partial charge in [-0.15, -0.1) is 11.3 Å². The van der Waals surface area contributed by atoms with Gasteiger partial charge >= 0.3 is 0 Å². The molecule has 5 nitrogen and oxygen atoms in total. The van der Waals surface area contributed by atoms with Crippen molar-refractivity contribution in [1.82, 2.24) is 9.88 Å². The topological polar surface area (TPSA) is 71.2 Å². The van der Waals surface area contributed by atoms with Crippen molar-refractivity contribution in [2.24, 2.45) is 17.6 Å². The Morgan fingerprint density at radius 1 is 1.62 bits per heavy atom. The number of nitrogens with one attached hydrogen (secondary N) is 1. The van der Waals surface area contributed by atoms with Crippen molar-refractivity contribution in [3.05, 3.63) is 11.1 Å². The van der Waals surface area contributed by atoms with Gasteiger partial charge in [0.1, 0.15) is 0 Å². The lowest BCUT2D eigenvalue weighted by Gasteiger charge is -2.30. The number of thiazole rings is 1. The van der Waals surface area contributed by atoms with Crippen LogP contribution in [0.4, 0.5) is 5.13 Å². The molecule has 0 aliphatic carbocycles. The minimum absolute atomic E-state index is 0.0579. The van der Waals surface area contributed by atoms with Crippen molar-refractivity contribution in [3.63, 3.8) is 0 Å². The van der Waals surface area contributed by atoms with Gasteiger partial charge in [0.25, 0.3) is 0 Å². The van der Waals surface area contributed by atoms with Crippen molar-refractivity contribution < 1.29 is 4.79 Å².